The van der Waals surface area contributed by atoms with Crippen molar-refractivity contribution < 1.29 is 4.79 Å². The van der Waals surface area contributed by atoms with Crippen molar-refractivity contribution in [3.8, 4) is 0 Å². The van der Waals surface area contributed by atoms with Gasteiger partial charge in [-0.15, -0.1) is 0 Å². The van der Waals surface area contributed by atoms with E-state index in [1.54, 1.807) is 4.68 Å². The lowest BCUT2D eigenvalue weighted by atomic mass is 10.2. The van der Waals surface area contributed by atoms with Crippen LogP contribution < -0.4 is 10.6 Å². The molecule has 2 N–H and O–H groups in total. The Hall–Kier alpha value is -2.30. The second-order valence-corrected chi connectivity index (χ2v) is 4.63. The Labute approximate surface area is 119 Å². The van der Waals surface area contributed by atoms with E-state index in [2.05, 4.69) is 15.7 Å². The average molecular weight is 272 g/mol. The van der Waals surface area contributed by atoms with E-state index in [1.807, 2.05) is 50.5 Å². The molecule has 1 heterocycles. The number of amides is 1. The zero-order chi connectivity index (χ0) is 14.4. The molecule has 2 rings (SSSR count). The van der Waals surface area contributed by atoms with E-state index in [4.69, 9.17) is 0 Å². The molecule has 0 unspecified atom stereocenters. The number of hydrogen-bond acceptors (Lipinski definition) is 3. The molecule has 0 saturated heterocycles. The molecule has 0 radical (unpaired) electrons. The summed E-state index contributed by atoms with van der Waals surface area (Å²) >= 11 is 0. The zero-order valence-electron chi connectivity index (χ0n) is 11.9. The summed E-state index contributed by atoms with van der Waals surface area (Å²) in [6.45, 7) is 2.85. The number of benzene rings is 1. The topological polar surface area (TPSA) is 59.0 Å². The van der Waals surface area contributed by atoms with Gasteiger partial charge in [0.15, 0.2) is 0 Å². The Bertz CT molecular complexity index is 563. The first kappa shape index (κ1) is 14.1. The fourth-order valence-corrected chi connectivity index (χ4v) is 1.98. The minimum Gasteiger partial charge on any atom is -0.373 e. The van der Waals surface area contributed by atoms with Gasteiger partial charge < -0.3 is 10.6 Å². The molecule has 20 heavy (non-hydrogen) atoms. The van der Waals surface area contributed by atoms with Gasteiger partial charge in [-0.25, -0.2) is 0 Å². The highest BCUT2D eigenvalue weighted by Gasteiger charge is 2.07. The lowest BCUT2D eigenvalue weighted by Crippen LogP contribution is -2.29. The van der Waals surface area contributed by atoms with Gasteiger partial charge in [-0.3, -0.25) is 9.48 Å². The molecule has 2 aromatic rings. The molecule has 0 aliphatic rings. The van der Waals surface area contributed by atoms with Crippen LogP contribution in [0.3, 0.4) is 0 Å². The van der Waals surface area contributed by atoms with Gasteiger partial charge in [-0.05, 0) is 12.0 Å². The maximum Gasteiger partial charge on any atom is 0.239 e. The van der Waals surface area contributed by atoms with Crippen molar-refractivity contribution in [1.82, 2.24) is 15.1 Å². The van der Waals surface area contributed by atoms with E-state index < -0.39 is 0 Å². The number of carbonyl (C=O) groups is 1. The molecular formula is C15H20N4O. The number of rotatable bonds is 6. The monoisotopic (exact) mass is 272 g/mol. The van der Waals surface area contributed by atoms with E-state index in [9.17, 15) is 4.79 Å². The highest BCUT2D eigenvalue weighted by molar-refractivity contribution is 5.80. The van der Waals surface area contributed by atoms with Gasteiger partial charge in [-0.2, -0.15) is 5.10 Å². The third kappa shape index (κ3) is 3.85. The molecule has 0 fully saturated rings. The quantitative estimate of drug-likeness (QED) is 0.841. The van der Waals surface area contributed by atoms with E-state index in [-0.39, 0.29) is 12.5 Å². The van der Waals surface area contributed by atoms with Crippen LogP contribution in [0.1, 0.15) is 18.2 Å². The highest BCUT2D eigenvalue weighted by atomic mass is 16.1. The van der Waals surface area contributed by atoms with E-state index in [0.29, 0.717) is 6.54 Å². The Morgan fingerprint density at radius 1 is 1.30 bits per heavy atom. The molecule has 0 aliphatic carbocycles. The zero-order valence-corrected chi connectivity index (χ0v) is 11.9. The van der Waals surface area contributed by atoms with Gasteiger partial charge in [0.25, 0.3) is 0 Å². The molecule has 5 heteroatoms. The van der Waals surface area contributed by atoms with Crippen molar-refractivity contribution in [1.29, 1.82) is 0 Å². The standard InChI is InChI=1S/C15H20N4O/c1-3-13-14(11-19(2)18-13)16-10-15(20)17-9-12-7-5-4-6-8-12/h4-8,11,16H,3,9-10H2,1-2H3,(H,17,20). The molecule has 0 spiro atoms. The Morgan fingerprint density at radius 3 is 2.75 bits per heavy atom. The predicted molar refractivity (Wildman–Crippen MR) is 79.4 cm³/mol. The second kappa shape index (κ2) is 6.75. The van der Waals surface area contributed by atoms with Gasteiger partial charge >= 0.3 is 0 Å². The van der Waals surface area contributed by atoms with Crippen LogP contribution in [0.2, 0.25) is 0 Å². The maximum atomic E-state index is 11.8. The summed E-state index contributed by atoms with van der Waals surface area (Å²) in [5.74, 6) is -0.0280. The first-order valence-corrected chi connectivity index (χ1v) is 6.76. The summed E-state index contributed by atoms with van der Waals surface area (Å²) < 4.78 is 1.75. The molecule has 0 atom stereocenters. The molecule has 1 aromatic heterocycles. The number of nitrogens with one attached hydrogen (secondary N) is 2. The summed E-state index contributed by atoms with van der Waals surface area (Å²) in [6.07, 6.45) is 2.73. The van der Waals surface area contributed by atoms with Crippen molar-refractivity contribution in [2.24, 2.45) is 7.05 Å². The molecule has 1 aromatic carbocycles. The summed E-state index contributed by atoms with van der Waals surface area (Å²) in [5, 5.41) is 10.3. The highest BCUT2D eigenvalue weighted by Crippen LogP contribution is 2.12. The molecule has 0 bridgehead atoms. The minimum atomic E-state index is -0.0280. The van der Waals surface area contributed by atoms with Crippen molar-refractivity contribution in [3.63, 3.8) is 0 Å². The largest absolute Gasteiger partial charge is 0.373 e. The van der Waals surface area contributed by atoms with Gasteiger partial charge in [0, 0.05) is 19.8 Å². The minimum absolute atomic E-state index is 0.0280. The van der Waals surface area contributed by atoms with Crippen molar-refractivity contribution in [2.45, 2.75) is 19.9 Å². The van der Waals surface area contributed by atoms with Crippen molar-refractivity contribution >= 4 is 11.6 Å². The number of carbonyl (C=O) groups excluding carboxylic acids is 1. The van der Waals surface area contributed by atoms with Gasteiger partial charge in [0.05, 0.1) is 17.9 Å². The fraction of sp³-hybridized carbons (Fsp3) is 0.333. The molecule has 0 saturated carbocycles. The number of anilines is 1. The number of aromatic nitrogens is 2. The first-order valence-electron chi connectivity index (χ1n) is 6.76. The number of aryl methyl sites for hydroxylation is 2. The predicted octanol–water partition coefficient (Wildman–Crippen LogP) is 1.71. The van der Waals surface area contributed by atoms with E-state index >= 15 is 0 Å². The van der Waals surface area contributed by atoms with Crippen LogP contribution in [0.5, 0.6) is 0 Å². The van der Waals surface area contributed by atoms with E-state index in [1.165, 1.54) is 0 Å². The van der Waals surface area contributed by atoms with Gasteiger partial charge in [0.2, 0.25) is 5.91 Å². The third-order valence-corrected chi connectivity index (χ3v) is 3.01. The van der Waals surface area contributed by atoms with Crippen LogP contribution in [0.15, 0.2) is 36.5 Å². The Balaban J connectivity index is 1.80. The average Bonchev–Trinajstić information content (AvgIpc) is 2.84. The number of nitrogens with zero attached hydrogens (tertiary/aromatic N) is 2. The van der Waals surface area contributed by atoms with Crippen molar-refractivity contribution in [3.05, 3.63) is 47.8 Å². The van der Waals surface area contributed by atoms with Crippen LogP contribution >= 0.6 is 0 Å². The molecule has 0 aliphatic heterocycles. The Morgan fingerprint density at radius 2 is 2.05 bits per heavy atom. The molecule has 5 nitrogen and oxygen atoms in total. The summed E-state index contributed by atoms with van der Waals surface area (Å²) in [5.41, 5.74) is 2.99. The van der Waals surface area contributed by atoms with Crippen LogP contribution in [0, 0.1) is 0 Å². The Kier molecular flexibility index (Phi) is 4.76. The lowest BCUT2D eigenvalue weighted by Gasteiger charge is -2.07. The number of hydrogen-bond donors (Lipinski definition) is 2. The summed E-state index contributed by atoms with van der Waals surface area (Å²) in [4.78, 5) is 11.8. The second-order valence-electron chi connectivity index (χ2n) is 4.63. The summed E-state index contributed by atoms with van der Waals surface area (Å²) in [7, 11) is 1.87. The molecule has 106 valence electrons. The van der Waals surface area contributed by atoms with Crippen LogP contribution in [-0.2, 0) is 24.8 Å². The lowest BCUT2D eigenvalue weighted by molar-refractivity contribution is -0.119. The maximum absolute atomic E-state index is 11.8. The smallest absolute Gasteiger partial charge is 0.239 e. The molecular weight excluding hydrogens is 252 g/mol. The van der Waals surface area contributed by atoms with Gasteiger partial charge in [-0.1, -0.05) is 37.3 Å². The van der Waals surface area contributed by atoms with Crippen LogP contribution in [0.25, 0.3) is 0 Å². The van der Waals surface area contributed by atoms with E-state index in [0.717, 1.165) is 23.4 Å². The van der Waals surface area contributed by atoms with Crippen molar-refractivity contribution in [2.75, 3.05) is 11.9 Å². The first-order chi connectivity index (χ1) is 9.69. The SMILES string of the molecule is CCc1nn(C)cc1NCC(=O)NCc1ccccc1. The molecule has 1 amide bonds. The summed E-state index contributed by atoms with van der Waals surface area (Å²) in [6, 6.07) is 9.86. The van der Waals surface area contributed by atoms with Gasteiger partial charge in [0.1, 0.15) is 0 Å². The third-order valence-electron chi connectivity index (χ3n) is 3.01. The normalized spacial score (nSPS) is 10.3. The van der Waals surface area contributed by atoms with Crippen LogP contribution in [-0.4, -0.2) is 22.2 Å². The van der Waals surface area contributed by atoms with Crippen LogP contribution in [0.4, 0.5) is 5.69 Å². The fourth-order valence-electron chi connectivity index (χ4n) is 1.98.